The van der Waals surface area contributed by atoms with Crippen molar-refractivity contribution < 1.29 is 22.0 Å². The van der Waals surface area contributed by atoms with Crippen molar-refractivity contribution in [3.05, 3.63) is 29.1 Å². The Morgan fingerprint density at radius 3 is 2.33 bits per heavy atom. The molecule has 0 bridgehead atoms. The fourth-order valence-electron chi connectivity index (χ4n) is 1.00. The molecule has 0 saturated heterocycles. The van der Waals surface area contributed by atoms with Crippen molar-refractivity contribution in [2.75, 3.05) is 0 Å². The Labute approximate surface area is 86.9 Å². The Hall–Kier alpha value is -0.910. The van der Waals surface area contributed by atoms with Crippen molar-refractivity contribution in [1.29, 1.82) is 0 Å². The van der Waals surface area contributed by atoms with Crippen LogP contribution in [0.5, 0.6) is 0 Å². The van der Waals surface area contributed by atoms with Crippen molar-refractivity contribution >= 4 is 11.6 Å². The van der Waals surface area contributed by atoms with Gasteiger partial charge in [-0.1, -0.05) is 0 Å². The van der Waals surface area contributed by atoms with Gasteiger partial charge in [-0.2, -0.15) is 13.2 Å². The average molecular weight is 246 g/mol. The highest BCUT2D eigenvalue weighted by molar-refractivity contribution is 6.16. The van der Waals surface area contributed by atoms with Crippen LogP contribution in [0.1, 0.15) is 23.2 Å². The number of aromatic nitrogens is 1. The van der Waals surface area contributed by atoms with E-state index >= 15 is 0 Å². The molecule has 0 atom stereocenters. The van der Waals surface area contributed by atoms with Gasteiger partial charge in [-0.25, -0.2) is 8.78 Å². The molecule has 1 aromatic heterocycles. The summed E-state index contributed by atoms with van der Waals surface area (Å²) in [6, 6.07) is 0.536. The van der Waals surface area contributed by atoms with E-state index in [4.69, 9.17) is 11.6 Å². The summed E-state index contributed by atoms with van der Waals surface area (Å²) < 4.78 is 61.4. The van der Waals surface area contributed by atoms with E-state index in [1.54, 1.807) is 0 Å². The van der Waals surface area contributed by atoms with Gasteiger partial charge in [0.2, 0.25) is 0 Å². The maximum Gasteiger partial charge on any atom is 0.417 e. The molecule has 0 unspecified atom stereocenters. The molecule has 1 aromatic rings. The molecule has 1 nitrogen and oxygen atoms in total. The number of hydrogen-bond acceptors (Lipinski definition) is 1. The quantitative estimate of drug-likeness (QED) is 0.571. The first-order valence-electron chi connectivity index (χ1n) is 3.76. The van der Waals surface area contributed by atoms with Crippen molar-refractivity contribution in [2.45, 2.75) is 18.5 Å². The first-order valence-corrected chi connectivity index (χ1v) is 4.30. The molecule has 84 valence electrons. The second-order valence-electron chi connectivity index (χ2n) is 2.69. The Morgan fingerprint density at radius 2 is 1.93 bits per heavy atom. The minimum atomic E-state index is -4.82. The molecule has 0 aliphatic heterocycles. The van der Waals surface area contributed by atoms with Crippen LogP contribution < -0.4 is 0 Å². The largest absolute Gasteiger partial charge is 0.417 e. The average Bonchev–Trinajstić information content (AvgIpc) is 2.15. The van der Waals surface area contributed by atoms with Crippen LogP contribution in [0.4, 0.5) is 22.0 Å². The Bertz CT molecular complexity index is 349. The van der Waals surface area contributed by atoms with E-state index in [1.807, 2.05) is 0 Å². The van der Waals surface area contributed by atoms with Crippen LogP contribution in [0.3, 0.4) is 0 Å². The van der Waals surface area contributed by atoms with Crippen molar-refractivity contribution in [1.82, 2.24) is 4.98 Å². The van der Waals surface area contributed by atoms with Gasteiger partial charge < -0.3 is 0 Å². The molecular formula is C8H5ClF5N. The van der Waals surface area contributed by atoms with Crippen molar-refractivity contribution in [2.24, 2.45) is 0 Å². The van der Waals surface area contributed by atoms with E-state index in [-0.39, 0.29) is 11.6 Å². The minimum Gasteiger partial charge on any atom is -0.260 e. The topological polar surface area (TPSA) is 12.9 Å². The van der Waals surface area contributed by atoms with Crippen molar-refractivity contribution in [3.8, 4) is 0 Å². The molecule has 0 aliphatic rings. The Kier molecular flexibility index (Phi) is 3.49. The molecule has 0 amide bonds. The molecule has 0 N–H and O–H groups in total. The standard InChI is InChI=1S/C8H5ClF5N/c9-2-4-1-6(8(12,13)14)5(3-15-4)7(10)11/h1,3,7H,2H2. The van der Waals surface area contributed by atoms with E-state index in [1.165, 1.54) is 0 Å². The zero-order valence-corrected chi connectivity index (χ0v) is 7.91. The van der Waals surface area contributed by atoms with Crippen molar-refractivity contribution in [3.63, 3.8) is 0 Å². The van der Waals surface area contributed by atoms with Gasteiger partial charge >= 0.3 is 6.18 Å². The van der Waals surface area contributed by atoms with Gasteiger partial charge in [0.05, 0.1) is 17.1 Å². The van der Waals surface area contributed by atoms with E-state index < -0.39 is 23.7 Å². The summed E-state index contributed by atoms with van der Waals surface area (Å²) in [7, 11) is 0. The Balaban J connectivity index is 3.29. The minimum absolute atomic E-state index is 0.0895. The molecule has 0 aliphatic carbocycles. The lowest BCUT2D eigenvalue weighted by Gasteiger charge is -2.12. The van der Waals surface area contributed by atoms with Crippen LogP contribution in [0.25, 0.3) is 0 Å². The number of rotatable bonds is 2. The van der Waals surface area contributed by atoms with Crippen LogP contribution >= 0.6 is 11.6 Å². The third-order valence-corrected chi connectivity index (χ3v) is 1.94. The summed E-state index contributed by atoms with van der Waals surface area (Å²) in [6.45, 7) is 0. The van der Waals surface area contributed by atoms with Gasteiger partial charge in [0.1, 0.15) is 0 Å². The van der Waals surface area contributed by atoms with Gasteiger partial charge in [0.25, 0.3) is 6.43 Å². The lowest BCUT2D eigenvalue weighted by atomic mass is 10.1. The van der Waals surface area contributed by atoms with E-state index in [0.29, 0.717) is 12.3 Å². The fourth-order valence-corrected chi connectivity index (χ4v) is 1.15. The Morgan fingerprint density at radius 1 is 1.33 bits per heavy atom. The second-order valence-corrected chi connectivity index (χ2v) is 2.96. The molecular weight excluding hydrogens is 241 g/mol. The third kappa shape index (κ3) is 2.77. The SMILES string of the molecule is FC(F)c1cnc(CCl)cc1C(F)(F)F. The molecule has 1 rings (SSSR count). The number of hydrogen-bond donors (Lipinski definition) is 0. The van der Waals surface area contributed by atoms with Gasteiger partial charge in [-0.15, -0.1) is 11.6 Å². The maximum atomic E-state index is 12.3. The van der Waals surface area contributed by atoms with Crippen LogP contribution in [0.15, 0.2) is 12.3 Å². The number of pyridine rings is 1. The third-order valence-electron chi connectivity index (χ3n) is 1.67. The van der Waals surface area contributed by atoms with E-state index in [0.717, 1.165) is 0 Å². The van der Waals surface area contributed by atoms with E-state index in [2.05, 4.69) is 4.98 Å². The zero-order valence-electron chi connectivity index (χ0n) is 7.15. The smallest absolute Gasteiger partial charge is 0.260 e. The predicted molar refractivity (Wildman–Crippen MR) is 43.8 cm³/mol. The molecule has 0 saturated carbocycles. The number of alkyl halides is 6. The predicted octanol–water partition coefficient (Wildman–Crippen LogP) is 3.78. The molecule has 0 radical (unpaired) electrons. The van der Waals surface area contributed by atoms with Crippen LogP contribution in [0, 0.1) is 0 Å². The summed E-state index contributed by atoms with van der Waals surface area (Å²) in [5.41, 5.74) is -2.60. The molecule has 0 fully saturated rings. The number of nitrogens with zero attached hydrogens (tertiary/aromatic N) is 1. The van der Waals surface area contributed by atoms with Crippen LogP contribution in [-0.2, 0) is 12.1 Å². The first kappa shape index (κ1) is 12.2. The maximum absolute atomic E-state index is 12.3. The van der Waals surface area contributed by atoms with E-state index in [9.17, 15) is 22.0 Å². The fraction of sp³-hybridized carbons (Fsp3) is 0.375. The monoisotopic (exact) mass is 245 g/mol. The van der Waals surface area contributed by atoms with Gasteiger partial charge in [-0.3, -0.25) is 4.98 Å². The normalized spacial score (nSPS) is 12.2. The molecule has 15 heavy (non-hydrogen) atoms. The zero-order chi connectivity index (χ0) is 11.6. The van der Waals surface area contributed by atoms with Gasteiger partial charge in [0.15, 0.2) is 0 Å². The highest BCUT2D eigenvalue weighted by Crippen LogP contribution is 2.36. The lowest BCUT2D eigenvalue weighted by molar-refractivity contribution is -0.139. The summed E-state index contributed by atoms with van der Waals surface area (Å²) in [5, 5.41) is 0. The first-order chi connectivity index (χ1) is 6.86. The summed E-state index contributed by atoms with van der Waals surface area (Å²) in [5.74, 6) is -0.257. The summed E-state index contributed by atoms with van der Waals surface area (Å²) in [6.07, 6.45) is -7.53. The van der Waals surface area contributed by atoms with Gasteiger partial charge in [-0.05, 0) is 6.07 Å². The molecule has 1 heterocycles. The second kappa shape index (κ2) is 4.30. The summed E-state index contributed by atoms with van der Waals surface area (Å²) in [4.78, 5) is 3.38. The molecule has 0 spiro atoms. The van der Waals surface area contributed by atoms with Gasteiger partial charge in [0, 0.05) is 11.8 Å². The highest BCUT2D eigenvalue weighted by atomic mass is 35.5. The van der Waals surface area contributed by atoms with Crippen LogP contribution in [-0.4, -0.2) is 4.98 Å². The summed E-state index contributed by atoms with van der Waals surface area (Å²) >= 11 is 5.26. The van der Waals surface area contributed by atoms with Crippen LogP contribution in [0.2, 0.25) is 0 Å². The molecule has 0 aromatic carbocycles. The molecule has 7 heteroatoms. The highest BCUT2D eigenvalue weighted by Gasteiger charge is 2.36. The lowest BCUT2D eigenvalue weighted by Crippen LogP contribution is -2.11. The number of halogens is 6.